The maximum Gasteiger partial charge on any atom is 0.00987 e. The largest absolute Gasteiger partial charge is 0.0798 e. The van der Waals surface area contributed by atoms with E-state index in [1.165, 1.54) is 16.7 Å². The summed E-state index contributed by atoms with van der Waals surface area (Å²) in [5.74, 6) is 1.65. The van der Waals surface area contributed by atoms with Crippen LogP contribution in [0.15, 0.2) is 59.7 Å². The maximum absolute atomic E-state index is 2.47. The van der Waals surface area contributed by atoms with E-state index in [9.17, 15) is 0 Å². The monoisotopic (exact) mass is 278 g/mol. The zero-order valence-electron chi connectivity index (χ0n) is 13.9. The molecule has 0 saturated carbocycles. The molecular formula is C21H26. The molecule has 21 heavy (non-hydrogen) atoms. The molecule has 2 aliphatic carbocycles. The van der Waals surface area contributed by atoms with Crippen LogP contribution in [0.3, 0.4) is 0 Å². The van der Waals surface area contributed by atoms with Gasteiger partial charge in [-0.1, -0.05) is 80.5 Å². The van der Waals surface area contributed by atoms with Crippen LogP contribution in [0.4, 0.5) is 0 Å². The Labute approximate surface area is 129 Å². The van der Waals surface area contributed by atoms with Gasteiger partial charge in [0.05, 0.1) is 0 Å². The van der Waals surface area contributed by atoms with Gasteiger partial charge in [-0.15, -0.1) is 0 Å². The topological polar surface area (TPSA) is 0 Å². The highest BCUT2D eigenvalue weighted by atomic mass is 14.5. The predicted molar refractivity (Wildman–Crippen MR) is 91.5 cm³/mol. The molecule has 2 aliphatic rings. The first-order chi connectivity index (χ1) is 9.89. The highest BCUT2D eigenvalue weighted by Crippen LogP contribution is 2.55. The van der Waals surface area contributed by atoms with Crippen molar-refractivity contribution in [2.24, 2.45) is 11.3 Å². The van der Waals surface area contributed by atoms with Gasteiger partial charge in [-0.05, 0) is 30.4 Å². The second-order valence-electron chi connectivity index (χ2n) is 7.71. The second kappa shape index (κ2) is 5.02. The van der Waals surface area contributed by atoms with Crippen LogP contribution < -0.4 is 0 Å². The minimum absolute atomic E-state index is 0.226. The second-order valence-corrected chi connectivity index (χ2v) is 7.71. The molecule has 3 unspecified atom stereocenters. The van der Waals surface area contributed by atoms with E-state index in [-0.39, 0.29) is 5.41 Å². The van der Waals surface area contributed by atoms with Gasteiger partial charge < -0.3 is 0 Å². The van der Waals surface area contributed by atoms with Crippen LogP contribution in [0.25, 0.3) is 0 Å². The summed E-state index contributed by atoms with van der Waals surface area (Å²) in [6.45, 7) is 11.5. The fraction of sp³-hybridized carbons (Fsp3) is 0.429. The first kappa shape index (κ1) is 14.4. The molecule has 0 amide bonds. The summed E-state index contributed by atoms with van der Waals surface area (Å²) in [5.41, 5.74) is 6.28. The maximum atomic E-state index is 2.47. The van der Waals surface area contributed by atoms with Crippen molar-refractivity contribution in [3.63, 3.8) is 0 Å². The molecule has 0 heterocycles. The van der Waals surface area contributed by atoms with Crippen molar-refractivity contribution in [3.05, 3.63) is 70.8 Å². The molecular weight excluding hydrogens is 252 g/mol. The van der Waals surface area contributed by atoms with Crippen molar-refractivity contribution in [2.75, 3.05) is 0 Å². The molecule has 0 nitrogen and oxygen atoms in total. The highest BCUT2D eigenvalue weighted by molar-refractivity contribution is 5.51. The normalized spacial score (nSPS) is 26.9. The minimum Gasteiger partial charge on any atom is -0.0798 e. The van der Waals surface area contributed by atoms with Crippen LogP contribution in [0.2, 0.25) is 0 Å². The van der Waals surface area contributed by atoms with E-state index in [2.05, 4.69) is 83.2 Å². The Hall–Kier alpha value is -1.56. The van der Waals surface area contributed by atoms with Crippen molar-refractivity contribution in [1.29, 1.82) is 0 Å². The van der Waals surface area contributed by atoms with Gasteiger partial charge in [-0.3, -0.25) is 0 Å². The zero-order valence-corrected chi connectivity index (χ0v) is 13.9. The van der Waals surface area contributed by atoms with E-state index in [1.54, 1.807) is 5.57 Å². The van der Waals surface area contributed by atoms with E-state index in [4.69, 9.17) is 0 Å². The lowest BCUT2D eigenvalue weighted by Crippen LogP contribution is -2.24. The number of hydrogen-bond donors (Lipinski definition) is 0. The lowest BCUT2D eigenvalue weighted by Gasteiger charge is -2.35. The van der Waals surface area contributed by atoms with Crippen LogP contribution >= 0.6 is 0 Å². The number of allylic oxidation sites excluding steroid dienone is 6. The van der Waals surface area contributed by atoms with Gasteiger partial charge in [0, 0.05) is 17.8 Å². The molecule has 0 fully saturated rings. The quantitative estimate of drug-likeness (QED) is 0.553. The van der Waals surface area contributed by atoms with Crippen molar-refractivity contribution in [2.45, 2.75) is 46.5 Å². The van der Waals surface area contributed by atoms with E-state index in [1.807, 2.05) is 0 Å². The van der Waals surface area contributed by atoms with Crippen molar-refractivity contribution >= 4 is 0 Å². The van der Waals surface area contributed by atoms with Gasteiger partial charge in [0.25, 0.3) is 0 Å². The number of benzene rings is 1. The molecule has 0 N–H and O–H groups in total. The number of hydrogen-bond acceptors (Lipinski definition) is 0. The van der Waals surface area contributed by atoms with Gasteiger partial charge in [-0.2, -0.15) is 0 Å². The third kappa shape index (κ3) is 2.41. The highest BCUT2D eigenvalue weighted by Gasteiger charge is 2.43. The Morgan fingerprint density at radius 1 is 1.05 bits per heavy atom. The summed E-state index contributed by atoms with van der Waals surface area (Å²) in [6.07, 6.45) is 9.50. The summed E-state index contributed by atoms with van der Waals surface area (Å²) in [6, 6.07) is 9.02. The lowest BCUT2D eigenvalue weighted by molar-refractivity contribution is 0.393. The number of rotatable bonds is 1. The van der Waals surface area contributed by atoms with Gasteiger partial charge >= 0.3 is 0 Å². The first-order valence-electron chi connectivity index (χ1n) is 8.02. The average molecular weight is 278 g/mol. The SMILES string of the molecule is CC(C)=CC1c2ccccc2C2C=CC=C(C(C)(C)C)C21. The van der Waals surface area contributed by atoms with Gasteiger partial charge in [0.15, 0.2) is 0 Å². The molecule has 3 atom stereocenters. The van der Waals surface area contributed by atoms with Crippen molar-refractivity contribution in [1.82, 2.24) is 0 Å². The van der Waals surface area contributed by atoms with E-state index < -0.39 is 0 Å². The Morgan fingerprint density at radius 3 is 2.33 bits per heavy atom. The molecule has 0 aromatic heterocycles. The number of fused-ring (bicyclic) bond motifs is 3. The van der Waals surface area contributed by atoms with Crippen LogP contribution in [0.5, 0.6) is 0 Å². The summed E-state index contributed by atoms with van der Waals surface area (Å²) in [5, 5.41) is 0. The van der Waals surface area contributed by atoms with Crippen LogP contribution in [0.1, 0.15) is 57.6 Å². The van der Waals surface area contributed by atoms with E-state index >= 15 is 0 Å². The third-order valence-corrected chi connectivity index (χ3v) is 4.82. The molecule has 0 heteroatoms. The Kier molecular flexibility index (Phi) is 3.43. The van der Waals surface area contributed by atoms with Crippen LogP contribution in [0, 0.1) is 11.3 Å². The molecule has 0 radical (unpaired) electrons. The summed E-state index contributed by atoms with van der Waals surface area (Å²) < 4.78 is 0. The molecule has 110 valence electrons. The van der Waals surface area contributed by atoms with E-state index in [0.29, 0.717) is 17.8 Å². The Bertz CT molecular complexity index is 630. The summed E-state index contributed by atoms with van der Waals surface area (Å²) in [4.78, 5) is 0. The van der Waals surface area contributed by atoms with Crippen molar-refractivity contribution in [3.8, 4) is 0 Å². The predicted octanol–water partition coefficient (Wildman–Crippen LogP) is 5.99. The van der Waals surface area contributed by atoms with Gasteiger partial charge in [0.2, 0.25) is 0 Å². The van der Waals surface area contributed by atoms with Gasteiger partial charge in [-0.25, -0.2) is 0 Å². The minimum atomic E-state index is 0.226. The average Bonchev–Trinajstić information content (AvgIpc) is 2.72. The molecule has 3 rings (SSSR count). The molecule has 1 aromatic rings. The zero-order chi connectivity index (χ0) is 15.2. The van der Waals surface area contributed by atoms with Gasteiger partial charge in [0.1, 0.15) is 0 Å². The fourth-order valence-corrected chi connectivity index (χ4v) is 4.03. The molecule has 0 bridgehead atoms. The molecule has 1 aromatic carbocycles. The smallest absolute Gasteiger partial charge is 0.00987 e. The third-order valence-electron chi connectivity index (χ3n) is 4.82. The summed E-state index contributed by atoms with van der Waals surface area (Å²) in [7, 11) is 0. The molecule has 0 saturated heterocycles. The Morgan fingerprint density at radius 2 is 1.71 bits per heavy atom. The standard InChI is InChI=1S/C21H26/c1-14(2)13-18-16-10-7-6-9-15(16)17-11-8-12-19(20(17)18)21(3,4)5/h6-13,17-18,20H,1-5H3. The van der Waals surface area contributed by atoms with Crippen LogP contribution in [-0.2, 0) is 0 Å². The first-order valence-corrected chi connectivity index (χ1v) is 8.02. The molecule has 0 aliphatic heterocycles. The van der Waals surface area contributed by atoms with Crippen LogP contribution in [-0.4, -0.2) is 0 Å². The van der Waals surface area contributed by atoms with Crippen molar-refractivity contribution < 1.29 is 0 Å². The van der Waals surface area contributed by atoms with E-state index in [0.717, 1.165) is 0 Å². The molecule has 0 spiro atoms. The fourth-order valence-electron chi connectivity index (χ4n) is 4.03. The lowest BCUT2D eigenvalue weighted by atomic mass is 9.68. The Balaban J connectivity index is 2.16. The summed E-state index contributed by atoms with van der Waals surface area (Å²) >= 11 is 0.